The zero-order chi connectivity index (χ0) is 13.4. The molecule has 0 radical (unpaired) electrons. The fraction of sp³-hybridized carbons (Fsp3) is 0.250. The van der Waals surface area contributed by atoms with Gasteiger partial charge in [-0.2, -0.15) is 14.9 Å². The minimum atomic E-state index is -0.296. The van der Waals surface area contributed by atoms with Crippen LogP contribution in [0, 0.1) is 10.6 Å². The minimum Gasteiger partial charge on any atom is -0.250 e. The fourth-order valence-electron chi connectivity index (χ4n) is 1.74. The third-order valence-electron chi connectivity index (χ3n) is 2.88. The molecule has 1 aliphatic carbocycles. The lowest BCUT2D eigenvalue weighted by molar-refractivity contribution is 0.621. The SMILES string of the molecule is Fc1ccc(/C=N\n2c(C3CC3)n[nH]c2=S)cc1Br. The Bertz CT molecular complexity index is 702. The first-order valence-corrected chi connectivity index (χ1v) is 7.02. The van der Waals surface area contributed by atoms with Crippen LogP contribution in [-0.2, 0) is 0 Å². The van der Waals surface area contributed by atoms with Gasteiger partial charge in [0, 0.05) is 5.92 Å². The second kappa shape index (κ2) is 4.97. The summed E-state index contributed by atoms with van der Waals surface area (Å²) in [7, 11) is 0. The van der Waals surface area contributed by atoms with E-state index in [4.69, 9.17) is 12.2 Å². The van der Waals surface area contributed by atoms with E-state index in [2.05, 4.69) is 31.2 Å². The van der Waals surface area contributed by atoms with Crippen molar-refractivity contribution in [3.05, 3.63) is 44.6 Å². The van der Waals surface area contributed by atoms with Crippen LogP contribution < -0.4 is 0 Å². The molecule has 0 amide bonds. The van der Waals surface area contributed by atoms with E-state index in [1.807, 2.05) is 0 Å². The molecule has 1 heterocycles. The lowest BCUT2D eigenvalue weighted by atomic mass is 10.2. The number of benzene rings is 1. The van der Waals surface area contributed by atoms with Gasteiger partial charge in [0.25, 0.3) is 0 Å². The molecule has 1 fully saturated rings. The Kier molecular flexibility index (Phi) is 3.32. The molecule has 1 N–H and O–H groups in total. The van der Waals surface area contributed by atoms with Crippen molar-refractivity contribution in [3.63, 3.8) is 0 Å². The Hall–Kier alpha value is -1.34. The molecular formula is C12H10BrFN4S. The van der Waals surface area contributed by atoms with Crippen LogP contribution >= 0.6 is 28.1 Å². The second-order valence-electron chi connectivity index (χ2n) is 4.39. The first-order valence-electron chi connectivity index (χ1n) is 5.82. The van der Waals surface area contributed by atoms with E-state index in [0.717, 1.165) is 24.2 Å². The maximum atomic E-state index is 13.1. The average molecular weight is 341 g/mol. The molecule has 0 saturated heterocycles. The average Bonchev–Trinajstić information content (AvgIpc) is 3.16. The molecule has 1 aliphatic rings. The van der Waals surface area contributed by atoms with Gasteiger partial charge in [-0.1, -0.05) is 6.07 Å². The minimum absolute atomic E-state index is 0.296. The highest BCUT2D eigenvalue weighted by atomic mass is 79.9. The molecule has 2 aromatic rings. The van der Waals surface area contributed by atoms with Crippen LogP contribution in [0.15, 0.2) is 27.8 Å². The Morgan fingerprint density at radius 3 is 3.00 bits per heavy atom. The van der Waals surface area contributed by atoms with Gasteiger partial charge >= 0.3 is 0 Å². The van der Waals surface area contributed by atoms with Gasteiger partial charge in [0.15, 0.2) is 5.82 Å². The number of nitrogens with zero attached hydrogens (tertiary/aromatic N) is 3. The van der Waals surface area contributed by atoms with E-state index in [1.165, 1.54) is 6.07 Å². The monoisotopic (exact) mass is 340 g/mol. The van der Waals surface area contributed by atoms with Crippen LogP contribution in [0.5, 0.6) is 0 Å². The van der Waals surface area contributed by atoms with Crippen LogP contribution in [0.3, 0.4) is 0 Å². The van der Waals surface area contributed by atoms with Crippen LogP contribution in [0.25, 0.3) is 0 Å². The van der Waals surface area contributed by atoms with Crippen molar-refractivity contribution in [2.45, 2.75) is 18.8 Å². The normalized spacial score (nSPS) is 15.3. The third kappa shape index (κ3) is 2.66. The number of nitrogens with one attached hydrogen (secondary N) is 1. The quantitative estimate of drug-likeness (QED) is 0.685. The smallest absolute Gasteiger partial charge is 0.216 e. The largest absolute Gasteiger partial charge is 0.250 e. The number of hydrogen-bond acceptors (Lipinski definition) is 3. The van der Waals surface area contributed by atoms with Gasteiger partial charge in [-0.05, 0) is 58.7 Å². The summed E-state index contributed by atoms with van der Waals surface area (Å²) in [5.74, 6) is 1.02. The van der Waals surface area contributed by atoms with Gasteiger partial charge in [-0.15, -0.1) is 0 Å². The van der Waals surface area contributed by atoms with E-state index < -0.39 is 0 Å². The maximum Gasteiger partial charge on any atom is 0.216 e. The third-order valence-corrected chi connectivity index (χ3v) is 3.76. The highest BCUT2D eigenvalue weighted by Gasteiger charge is 2.29. The van der Waals surface area contributed by atoms with Crippen LogP contribution in [0.2, 0.25) is 0 Å². The summed E-state index contributed by atoms with van der Waals surface area (Å²) >= 11 is 8.29. The number of halogens is 2. The topological polar surface area (TPSA) is 46.0 Å². The number of aromatic amines is 1. The van der Waals surface area contributed by atoms with Crippen LogP contribution in [0.1, 0.15) is 30.1 Å². The molecule has 1 saturated carbocycles. The van der Waals surface area contributed by atoms with Crippen molar-refractivity contribution in [1.29, 1.82) is 0 Å². The molecule has 1 aromatic heterocycles. The van der Waals surface area contributed by atoms with Crippen molar-refractivity contribution in [3.8, 4) is 0 Å². The van der Waals surface area contributed by atoms with Gasteiger partial charge < -0.3 is 0 Å². The fourth-order valence-corrected chi connectivity index (χ4v) is 2.32. The first kappa shape index (κ1) is 12.7. The molecular weight excluding hydrogens is 331 g/mol. The molecule has 0 bridgehead atoms. The van der Waals surface area contributed by atoms with Crippen molar-refractivity contribution in [2.24, 2.45) is 5.10 Å². The zero-order valence-electron chi connectivity index (χ0n) is 9.81. The summed E-state index contributed by atoms with van der Waals surface area (Å²) in [6.45, 7) is 0. The van der Waals surface area contributed by atoms with Crippen molar-refractivity contribution in [2.75, 3.05) is 0 Å². The van der Waals surface area contributed by atoms with Gasteiger partial charge in [0.1, 0.15) is 5.82 Å². The van der Waals surface area contributed by atoms with E-state index in [1.54, 1.807) is 23.0 Å². The van der Waals surface area contributed by atoms with Gasteiger partial charge in [-0.3, -0.25) is 5.10 Å². The molecule has 1 aromatic carbocycles. The molecule has 0 spiro atoms. The van der Waals surface area contributed by atoms with Crippen LogP contribution in [0.4, 0.5) is 4.39 Å². The lowest BCUT2D eigenvalue weighted by Crippen LogP contribution is -1.97. The standard InChI is InChI=1S/C12H10BrFN4S/c13-9-5-7(1-4-10(9)14)6-15-18-11(8-2-3-8)16-17-12(18)19/h1,4-6,8H,2-3H2,(H,17,19)/b15-6-. The van der Waals surface area contributed by atoms with Gasteiger partial charge in [0.05, 0.1) is 10.7 Å². The molecule has 19 heavy (non-hydrogen) atoms. The Labute approximate surface area is 122 Å². The molecule has 7 heteroatoms. The van der Waals surface area contributed by atoms with Gasteiger partial charge in [-0.25, -0.2) is 4.39 Å². The summed E-state index contributed by atoms with van der Waals surface area (Å²) < 4.78 is 15.6. The maximum absolute atomic E-state index is 13.1. The Morgan fingerprint density at radius 1 is 1.53 bits per heavy atom. The summed E-state index contributed by atoms with van der Waals surface area (Å²) in [6, 6.07) is 4.71. The van der Waals surface area contributed by atoms with E-state index in [-0.39, 0.29) is 5.82 Å². The van der Waals surface area contributed by atoms with E-state index >= 15 is 0 Å². The summed E-state index contributed by atoms with van der Waals surface area (Å²) in [5, 5.41) is 11.3. The number of hydrogen-bond donors (Lipinski definition) is 1. The van der Waals surface area contributed by atoms with Crippen molar-refractivity contribution in [1.82, 2.24) is 14.9 Å². The lowest BCUT2D eigenvalue weighted by Gasteiger charge is -1.99. The zero-order valence-corrected chi connectivity index (χ0v) is 12.2. The molecule has 0 unspecified atom stereocenters. The van der Waals surface area contributed by atoms with Crippen LogP contribution in [-0.4, -0.2) is 21.1 Å². The van der Waals surface area contributed by atoms with Crippen molar-refractivity contribution >= 4 is 34.4 Å². The predicted octanol–water partition coefficient (Wildman–Crippen LogP) is 3.60. The number of H-pyrrole nitrogens is 1. The Morgan fingerprint density at radius 2 is 2.32 bits per heavy atom. The molecule has 0 aliphatic heterocycles. The molecule has 98 valence electrons. The van der Waals surface area contributed by atoms with E-state index in [9.17, 15) is 4.39 Å². The highest BCUT2D eigenvalue weighted by Crippen LogP contribution is 2.38. The summed E-state index contributed by atoms with van der Waals surface area (Å²) in [4.78, 5) is 0. The summed E-state index contributed by atoms with van der Waals surface area (Å²) in [6.07, 6.45) is 3.88. The number of aromatic nitrogens is 3. The Balaban J connectivity index is 1.91. The molecule has 3 rings (SSSR count). The second-order valence-corrected chi connectivity index (χ2v) is 5.63. The predicted molar refractivity (Wildman–Crippen MR) is 76.5 cm³/mol. The highest BCUT2D eigenvalue weighted by molar-refractivity contribution is 9.10. The first-order chi connectivity index (χ1) is 9.15. The summed E-state index contributed by atoms with van der Waals surface area (Å²) in [5.41, 5.74) is 0.790. The van der Waals surface area contributed by atoms with E-state index in [0.29, 0.717) is 15.2 Å². The van der Waals surface area contributed by atoms with Gasteiger partial charge in [0.2, 0.25) is 4.77 Å². The van der Waals surface area contributed by atoms with Crippen molar-refractivity contribution < 1.29 is 4.39 Å². The number of rotatable bonds is 3. The molecule has 4 nitrogen and oxygen atoms in total. The molecule has 0 atom stereocenters.